The third-order valence-electron chi connectivity index (χ3n) is 5.99. The first kappa shape index (κ1) is 24.8. The van der Waals surface area contributed by atoms with E-state index in [4.69, 9.17) is 14.2 Å². The summed E-state index contributed by atoms with van der Waals surface area (Å²) in [6, 6.07) is 26.8. The summed E-state index contributed by atoms with van der Waals surface area (Å²) >= 11 is 0. The Bertz CT molecular complexity index is 1310. The molecule has 5 rings (SSSR count). The highest BCUT2D eigenvalue weighted by Crippen LogP contribution is 2.33. The Morgan fingerprint density at radius 3 is 2.24 bits per heavy atom. The first-order valence-electron chi connectivity index (χ1n) is 12.4. The largest absolute Gasteiger partial charge is 0.457 e. The highest BCUT2D eigenvalue weighted by molar-refractivity contribution is 5.97. The Kier molecular flexibility index (Phi) is 7.79. The average Bonchev–Trinajstić information content (AvgIpc) is 3.44. The lowest BCUT2D eigenvalue weighted by molar-refractivity contribution is -0.120. The van der Waals surface area contributed by atoms with Gasteiger partial charge in [0.2, 0.25) is 5.91 Å². The van der Waals surface area contributed by atoms with Crippen molar-refractivity contribution in [1.29, 1.82) is 0 Å². The van der Waals surface area contributed by atoms with Crippen LogP contribution in [0, 0.1) is 0 Å². The molecule has 1 N–H and O–H groups in total. The van der Waals surface area contributed by atoms with Gasteiger partial charge in [-0.15, -0.1) is 0 Å². The molecule has 0 spiro atoms. The van der Waals surface area contributed by atoms with Crippen molar-refractivity contribution in [3.05, 3.63) is 109 Å². The number of nitrogens with zero attached hydrogens (tertiary/aromatic N) is 2. The Balaban J connectivity index is 1.31. The molecule has 1 atom stereocenters. The van der Waals surface area contributed by atoms with Gasteiger partial charge in [0.1, 0.15) is 35.6 Å². The van der Waals surface area contributed by atoms with Crippen LogP contribution in [-0.4, -0.2) is 34.5 Å². The van der Waals surface area contributed by atoms with Crippen LogP contribution in [0.5, 0.6) is 23.0 Å². The van der Waals surface area contributed by atoms with E-state index in [0.717, 1.165) is 5.56 Å². The van der Waals surface area contributed by atoms with Crippen LogP contribution in [-0.2, 0) is 16.1 Å². The molecule has 8 heteroatoms. The molecule has 0 saturated carbocycles. The van der Waals surface area contributed by atoms with Gasteiger partial charge in [0.05, 0.1) is 6.20 Å². The summed E-state index contributed by atoms with van der Waals surface area (Å²) in [7, 11) is 0. The van der Waals surface area contributed by atoms with Gasteiger partial charge in [0.25, 0.3) is 0 Å². The molecule has 1 fully saturated rings. The molecule has 8 nitrogen and oxygen atoms in total. The predicted molar refractivity (Wildman–Crippen MR) is 142 cm³/mol. The fourth-order valence-corrected chi connectivity index (χ4v) is 4.22. The van der Waals surface area contributed by atoms with E-state index < -0.39 is 12.1 Å². The fourth-order valence-electron chi connectivity index (χ4n) is 4.22. The molecule has 1 aliphatic heterocycles. The maximum atomic E-state index is 13.3. The Morgan fingerprint density at radius 2 is 1.53 bits per heavy atom. The summed E-state index contributed by atoms with van der Waals surface area (Å²) in [6.45, 7) is 0.608. The predicted octanol–water partition coefficient (Wildman–Crippen LogP) is 6.41. The highest BCUT2D eigenvalue weighted by Gasteiger charge is 2.35. The van der Waals surface area contributed by atoms with Gasteiger partial charge in [0.15, 0.2) is 0 Å². The monoisotopic (exact) mass is 509 g/mol. The average molecular weight is 510 g/mol. The maximum Gasteiger partial charge on any atom is 0.410 e. The minimum atomic E-state index is -0.639. The highest BCUT2D eigenvalue weighted by atomic mass is 16.6. The third kappa shape index (κ3) is 6.47. The quantitative estimate of drug-likeness (QED) is 0.295. The maximum absolute atomic E-state index is 13.3. The van der Waals surface area contributed by atoms with Gasteiger partial charge < -0.3 is 19.5 Å². The van der Waals surface area contributed by atoms with Crippen LogP contribution in [0.3, 0.4) is 0 Å². The van der Waals surface area contributed by atoms with Crippen LogP contribution in [0.2, 0.25) is 0 Å². The molecule has 1 saturated heterocycles. The van der Waals surface area contributed by atoms with Crippen molar-refractivity contribution in [2.75, 3.05) is 11.9 Å². The molecule has 0 bridgehead atoms. The summed E-state index contributed by atoms with van der Waals surface area (Å²) in [5, 5.41) is 2.93. The molecule has 0 aliphatic carbocycles. The second kappa shape index (κ2) is 11.9. The smallest absolute Gasteiger partial charge is 0.410 e. The SMILES string of the molecule is O=C(Nc1cc(Oc2ccccc2)cc(Oc2cccnc2)c1)C1CCCN1C(=O)OCc1ccccc1. The number of amides is 2. The van der Waals surface area contributed by atoms with Gasteiger partial charge in [-0.1, -0.05) is 48.5 Å². The number of hydrogen-bond donors (Lipinski definition) is 1. The van der Waals surface area contributed by atoms with E-state index in [1.54, 1.807) is 42.7 Å². The lowest BCUT2D eigenvalue weighted by Crippen LogP contribution is -2.43. The molecular weight excluding hydrogens is 482 g/mol. The molecule has 3 aromatic carbocycles. The van der Waals surface area contributed by atoms with Crippen molar-refractivity contribution in [2.45, 2.75) is 25.5 Å². The van der Waals surface area contributed by atoms with Gasteiger partial charge in [0, 0.05) is 36.6 Å². The van der Waals surface area contributed by atoms with Gasteiger partial charge >= 0.3 is 6.09 Å². The molecule has 4 aromatic rings. The number of ether oxygens (including phenoxy) is 3. The van der Waals surface area contributed by atoms with Crippen LogP contribution in [0.25, 0.3) is 0 Å². The number of nitrogens with one attached hydrogen (secondary N) is 1. The molecule has 0 radical (unpaired) electrons. The van der Waals surface area contributed by atoms with E-state index >= 15 is 0 Å². The van der Waals surface area contributed by atoms with Crippen LogP contribution in [0.1, 0.15) is 18.4 Å². The van der Waals surface area contributed by atoms with Gasteiger partial charge in [-0.3, -0.25) is 14.7 Å². The Hall–Kier alpha value is -4.85. The van der Waals surface area contributed by atoms with E-state index in [2.05, 4.69) is 10.3 Å². The lowest BCUT2D eigenvalue weighted by Gasteiger charge is -2.23. The molecule has 1 aliphatic rings. The first-order chi connectivity index (χ1) is 18.6. The van der Waals surface area contributed by atoms with Crippen LogP contribution in [0.15, 0.2) is 103 Å². The molecular formula is C30H27N3O5. The molecule has 192 valence electrons. The molecule has 1 unspecified atom stereocenters. The van der Waals surface area contributed by atoms with Gasteiger partial charge in [-0.25, -0.2) is 4.79 Å². The molecule has 1 aromatic heterocycles. The van der Waals surface area contributed by atoms with Crippen molar-refractivity contribution in [3.63, 3.8) is 0 Å². The fraction of sp³-hybridized carbons (Fsp3) is 0.167. The normalized spacial score (nSPS) is 14.5. The van der Waals surface area contributed by atoms with Gasteiger partial charge in [-0.2, -0.15) is 0 Å². The molecule has 38 heavy (non-hydrogen) atoms. The van der Waals surface area contributed by atoms with E-state index in [9.17, 15) is 9.59 Å². The number of anilines is 1. The number of para-hydroxylation sites is 1. The summed E-state index contributed by atoms with van der Waals surface area (Å²) in [5.74, 6) is 1.84. The number of rotatable bonds is 8. The minimum absolute atomic E-state index is 0.151. The Morgan fingerprint density at radius 1 is 0.842 bits per heavy atom. The van der Waals surface area contributed by atoms with Crippen LogP contribution >= 0.6 is 0 Å². The second-order valence-electron chi connectivity index (χ2n) is 8.78. The number of benzene rings is 3. The first-order valence-corrected chi connectivity index (χ1v) is 12.4. The summed E-state index contributed by atoms with van der Waals surface area (Å²) in [6.07, 6.45) is 4.01. The third-order valence-corrected chi connectivity index (χ3v) is 5.99. The van der Waals surface area contributed by atoms with Crippen molar-refractivity contribution in [2.24, 2.45) is 0 Å². The van der Waals surface area contributed by atoms with Crippen molar-refractivity contribution >= 4 is 17.7 Å². The molecule has 2 heterocycles. The minimum Gasteiger partial charge on any atom is -0.457 e. The lowest BCUT2D eigenvalue weighted by atomic mass is 10.2. The van der Waals surface area contributed by atoms with Crippen molar-refractivity contribution in [1.82, 2.24) is 9.88 Å². The zero-order valence-electron chi connectivity index (χ0n) is 20.7. The number of carbonyl (C=O) groups is 2. The van der Waals surface area contributed by atoms with E-state index in [-0.39, 0.29) is 12.5 Å². The summed E-state index contributed by atoms with van der Waals surface area (Å²) < 4.78 is 17.4. The number of pyridine rings is 1. The van der Waals surface area contributed by atoms with E-state index in [0.29, 0.717) is 48.1 Å². The standard InChI is InChI=1S/C30H27N3O5/c34-29(28-14-8-16-33(28)30(35)36-21-22-9-3-1-4-10-22)32-23-17-26(37-24-11-5-2-6-12-24)19-27(18-23)38-25-13-7-15-31-20-25/h1-7,9-13,15,17-20,28H,8,14,16,21H2,(H,32,34). The second-order valence-corrected chi connectivity index (χ2v) is 8.78. The zero-order chi connectivity index (χ0) is 26.2. The van der Waals surface area contributed by atoms with Crippen LogP contribution in [0.4, 0.5) is 10.5 Å². The summed E-state index contributed by atoms with van der Waals surface area (Å²) in [5.41, 5.74) is 1.37. The van der Waals surface area contributed by atoms with Crippen molar-refractivity contribution in [3.8, 4) is 23.0 Å². The Labute approximate surface area is 220 Å². The summed E-state index contributed by atoms with van der Waals surface area (Å²) in [4.78, 5) is 31.6. The topological polar surface area (TPSA) is 90.0 Å². The van der Waals surface area contributed by atoms with Crippen LogP contribution < -0.4 is 14.8 Å². The van der Waals surface area contributed by atoms with E-state index in [1.165, 1.54) is 4.90 Å². The van der Waals surface area contributed by atoms with E-state index in [1.807, 2.05) is 60.7 Å². The zero-order valence-corrected chi connectivity index (χ0v) is 20.7. The number of hydrogen-bond acceptors (Lipinski definition) is 6. The molecule has 2 amide bonds. The number of likely N-dealkylation sites (tertiary alicyclic amines) is 1. The number of aromatic nitrogens is 1. The van der Waals surface area contributed by atoms with Crippen molar-refractivity contribution < 1.29 is 23.8 Å². The number of carbonyl (C=O) groups excluding carboxylic acids is 2. The van der Waals surface area contributed by atoms with Gasteiger partial charge in [-0.05, 0) is 42.7 Å².